The first-order valence-electron chi connectivity index (χ1n) is 10.5. The van der Waals surface area contributed by atoms with Gasteiger partial charge in [-0.25, -0.2) is 13.1 Å². The minimum Gasteiger partial charge on any atom is -0.451 e. The monoisotopic (exact) mass is 482 g/mol. The lowest BCUT2D eigenvalue weighted by Crippen LogP contribution is -2.64. The summed E-state index contributed by atoms with van der Waals surface area (Å²) in [4.78, 5) is 14.7. The van der Waals surface area contributed by atoms with Crippen LogP contribution in [-0.4, -0.2) is 67.5 Å². The third kappa shape index (κ3) is 5.02. The minimum atomic E-state index is -3.48. The number of carbonyl (C=O) groups is 1. The van der Waals surface area contributed by atoms with Crippen LogP contribution in [0.25, 0.3) is 11.3 Å². The first-order valence-corrected chi connectivity index (χ1v) is 12.7. The van der Waals surface area contributed by atoms with Crippen molar-refractivity contribution >= 4 is 27.5 Å². The van der Waals surface area contributed by atoms with E-state index in [4.69, 9.17) is 20.8 Å². The molecule has 0 aliphatic carbocycles. The summed E-state index contributed by atoms with van der Waals surface area (Å²) in [5.74, 6) is 0.648. The third-order valence-corrected chi connectivity index (χ3v) is 7.23. The molecule has 2 atom stereocenters. The minimum absolute atomic E-state index is 0.0246. The number of halogens is 1. The van der Waals surface area contributed by atoms with Gasteiger partial charge in [-0.3, -0.25) is 4.79 Å². The number of rotatable bonds is 4. The first-order chi connectivity index (χ1) is 15.0. The Morgan fingerprint density at radius 1 is 1.19 bits per heavy atom. The molecule has 1 aromatic carbocycles. The molecule has 2 aliphatic heterocycles. The van der Waals surface area contributed by atoms with Gasteiger partial charge in [-0.15, -0.1) is 0 Å². The average Bonchev–Trinajstić information content (AvgIpc) is 3.21. The Labute approximate surface area is 192 Å². The van der Waals surface area contributed by atoms with Crippen LogP contribution in [0.3, 0.4) is 0 Å². The number of piperidine rings is 1. The number of aliphatic hydroxyl groups is 1. The Balaban J connectivity index is 1.41. The van der Waals surface area contributed by atoms with E-state index in [0.717, 1.165) is 11.8 Å². The molecule has 0 unspecified atom stereocenters. The van der Waals surface area contributed by atoms with Crippen LogP contribution < -0.4 is 4.72 Å². The van der Waals surface area contributed by atoms with E-state index in [-0.39, 0.29) is 18.3 Å². The van der Waals surface area contributed by atoms with Gasteiger partial charge in [-0.05, 0) is 62.6 Å². The maximum absolute atomic E-state index is 13.0. The molecule has 3 heterocycles. The van der Waals surface area contributed by atoms with Crippen molar-refractivity contribution in [3.05, 3.63) is 47.2 Å². The number of benzene rings is 1. The summed E-state index contributed by atoms with van der Waals surface area (Å²) < 4.78 is 37.8. The fraction of sp³-hybridized carbons (Fsp3) is 0.500. The van der Waals surface area contributed by atoms with E-state index in [1.807, 2.05) is 12.1 Å². The number of sulfonamides is 1. The van der Waals surface area contributed by atoms with Gasteiger partial charge in [-0.1, -0.05) is 11.6 Å². The molecular formula is C22H27ClN2O6S. The lowest BCUT2D eigenvalue weighted by atomic mass is 9.78. The number of likely N-dealkylation sites (tertiary alicyclic amines) is 1. The maximum atomic E-state index is 13.0. The summed E-state index contributed by atoms with van der Waals surface area (Å²) in [5.41, 5.74) is -1.05. The smallest absolute Gasteiger partial charge is 0.289 e. The zero-order valence-electron chi connectivity index (χ0n) is 18.0. The number of nitrogens with zero attached hydrogens (tertiary/aromatic N) is 1. The highest BCUT2D eigenvalue weighted by molar-refractivity contribution is 7.88. The maximum Gasteiger partial charge on any atom is 0.289 e. The van der Waals surface area contributed by atoms with Gasteiger partial charge in [0, 0.05) is 23.7 Å². The van der Waals surface area contributed by atoms with Crippen molar-refractivity contribution in [1.82, 2.24) is 9.62 Å². The van der Waals surface area contributed by atoms with Crippen LogP contribution in [0.1, 0.15) is 36.7 Å². The molecule has 2 fully saturated rings. The largest absolute Gasteiger partial charge is 0.451 e. The molecule has 8 nitrogen and oxygen atoms in total. The summed E-state index contributed by atoms with van der Waals surface area (Å²) in [6.45, 7) is 2.49. The van der Waals surface area contributed by atoms with Crippen LogP contribution in [0.2, 0.25) is 5.02 Å². The van der Waals surface area contributed by atoms with E-state index in [9.17, 15) is 18.3 Å². The predicted octanol–water partition coefficient (Wildman–Crippen LogP) is 2.66. The van der Waals surface area contributed by atoms with Crippen LogP contribution >= 0.6 is 11.6 Å². The Kier molecular flexibility index (Phi) is 6.15. The van der Waals surface area contributed by atoms with Crippen LogP contribution in [0, 0.1) is 0 Å². The van der Waals surface area contributed by atoms with Crippen molar-refractivity contribution in [2.45, 2.75) is 43.4 Å². The van der Waals surface area contributed by atoms with E-state index >= 15 is 0 Å². The molecule has 0 bridgehead atoms. The molecule has 2 N–H and O–H groups in total. The Bertz CT molecular complexity index is 1090. The second-order valence-electron chi connectivity index (χ2n) is 8.94. The molecule has 4 rings (SSSR count). The topological polar surface area (TPSA) is 109 Å². The van der Waals surface area contributed by atoms with Gasteiger partial charge in [0.2, 0.25) is 10.0 Å². The number of hydrogen-bond donors (Lipinski definition) is 2. The molecule has 1 amide bonds. The summed E-state index contributed by atoms with van der Waals surface area (Å²) in [6, 6.07) is 9.96. The van der Waals surface area contributed by atoms with Crippen LogP contribution in [0.5, 0.6) is 0 Å². The number of amides is 1. The summed E-state index contributed by atoms with van der Waals surface area (Å²) in [7, 11) is -3.48. The highest BCUT2D eigenvalue weighted by Crippen LogP contribution is 2.39. The molecular weight excluding hydrogens is 456 g/mol. The van der Waals surface area contributed by atoms with E-state index in [0.29, 0.717) is 43.1 Å². The number of furan rings is 1. The Hall–Kier alpha value is -1.91. The lowest BCUT2D eigenvalue weighted by Gasteiger charge is -2.50. The summed E-state index contributed by atoms with van der Waals surface area (Å²) in [5, 5.41) is 11.2. The molecule has 32 heavy (non-hydrogen) atoms. The van der Waals surface area contributed by atoms with Crippen molar-refractivity contribution in [3.8, 4) is 11.3 Å². The molecule has 10 heteroatoms. The van der Waals surface area contributed by atoms with E-state index in [1.54, 1.807) is 36.1 Å². The standard InChI is InChI=1S/C22H27ClN2O6S/c1-21(27)14-30-22(13-19(21)24-32(2,28)29)9-11-25(12-10-22)20(26)18-8-7-17(31-18)15-3-5-16(23)6-4-15/h3-8,19,24,27H,9-14H2,1-2H3/t19-,21-/m0/s1. The van der Waals surface area contributed by atoms with E-state index in [1.165, 1.54) is 0 Å². The van der Waals surface area contributed by atoms with Crippen LogP contribution in [0.15, 0.2) is 40.8 Å². The molecule has 0 radical (unpaired) electrons. The van der Waals surface area contributed by atoms with Crippen molar-refractivity contribution in [3.63, 3.8) is 0 Å². The van der Waals surface area contributed by atoms with Gasteiger partial charge >= 0.3 is 0 Å². The van der Waals surface area contributed by atoms with Gasteiger partial charge in [0.1, 0.15) is 11.4 Å². The average molecular weight is 483 g/mol. The van der Waals surface area contributed by atoms with Crippen molar-refractivity contribution in [2.75, 3.05) is 26.0 Å². The van der Waals surface area contributed by atoms with Crippen LogP contribution in [-0.2, 0) is 14.8 Å². The van der Waals surface area contributed by atoms with Gasteiger partial charge in [0.25, 0.3) is 5.91 Å². The molecule has 174 valence electrons. The third-order valence-electron chi connectivity index (χ3n) is 6.26. The number of carbonyl (C=O) groups excluding carboxylic acids is 1. The fourth-order valence-corrected chi connectivity index (χ4v) is 5.30. The molecule has 2 aromatic rings. The van der Waals surface area contributed by atoms with Crippen LogP contribution in [0.4, 0.5) is 0 Å². The zero-order valence-corrected chi connectivity index (χ0v) is 19.6. The second-order valence-corrected chi connectivity index (χ2v) is 11.2. The predicted molar refractivity (Wildman–Crippen MR) is 120 cm³/mol. The van der Waals surface area contributed by atoms with Gasteiger partial charge in [0.15, 0.2) is 5.76 Å². The Morgan fingerprint density at radius 3 is 2.47 bits per heavy atom. The second kappa shape index (κ2) is 8.46. The molecule has 1 spiro atoms. The van der Waals surface area contributed by atoms with Crippen molar-refractivity contribution in [1.29, 1.82) is 0 Å². The van der Waals surface area contributed by atoms with Crippen molar-refractivity contribution < 1.29 is 27.5 Å². The highest BCUT2D eigenvalue weighted by atomic mass is 35.5. The zero-order chi connectivity index (χ0) is 23.1. The number of ether oxygens (including phenoxy) is 1. The quantitative estimate of drug-likeness (QED) is 0.693. The molecule has 2 saturated heterocycles. The highest BCUT2D eigenvalue weighted by Gasteiger charge is 2.49. The lowest BCUT2D eigenvalue weighted by molar-refractivity contribution is -0.187. The van der Waals surface area contributed by atoms with Gasteiger partial charge in [0.05, 0.1) is 24.5 Å². The summed E-state index contributed by atoms with van der Waals surface area (Å²) >= 11 is 5.92. The molecule has 1 aromatic heterocycles. The van der Waals surface area contributed by atoms with E-state index < -0.39 is 27.3 Å². The molecule has 0 saturated carbocycles. The van der Waals surface area contributed by atoms with E-state index in [2.05, 4.69) is 4.72 Å². The van der Waals surface area contributed by atoms with Gasteiger partial charge in [-0.2, -0.15) is 0 Å². The van der Waals surface area contributed by atoms with Gasteiger partial charge < -0.3 is 19.2 Å². The first kappa shape index (κ1) is 23.3. The summed E-state index contributed by atoms with van der Waals surface area (Å²) in [6.07, 6.45) is 2.51. The number of nitrogens with one attached hydrogen (secondary N) is 1. The molecule has 2 aliphatic rings. The fourth-order valence-electron chi connectivity index (χ4n) is 4.32. The Morgan fingerprint density at radius 2 is 1.84 bits per heavy atom. The van der Waals surface area contributed by atoms with Crippen molar-refractivity contribution in [2.24, 2.45) is 0 Å². The SMILES string of the molecule is C[C@]1(O)COC2(CCN(C(=O)c3ccc(-c4ccc(Cl)cc4)o3)CC2)C[C@@H]1NS(C)(=O)=O. The number of hydrogen-bond acceptors (Lipinski definition) is 6. The normalized spacial score (nSPS) is 25.8.